The van der Waals surface area contributed by atoms with Crippen LogP contribution < -0.4 is 8.91 Å². The highest BCUT2D eigenvalue weighted by atomic mass is 32.3. The van der Waals surface area contributed by atoms with Crippen LogP contribution in [0, 0.1) is 6.92 Å². The molecule has 2 aromatic carbocycles. The highest BCUT2D eigenvalue weighted by Crippen LogP contribution is 2.27. The second-order valence-corrected chi connectivity index (χ2v) is 7.13. The molecule has 0 saturated heterocycles. The zero-order valence-corrected chi connectivity index (χ0v) is 13.1. The van der Waals surface area contributed by atoms with Crippen molar-refractivity contribution in [2.45, 2.75) is 11.8 Å². The van der Waals surface area contributed by atoms with E-state index in [0.717, 1.165) is 5.56 Å². The highest BCUT2D eigenvalue weighted by Gasteiger charge is 2.18. The Morgan fingerprint density at radius 1 is 0.955 bits per heavy atom. The van der Waals surface area contributed by atoms with E-state index in [1.54, 1.807) is 12.1 Å². The zero-order valence-electron chi connectivity index (χ0n) is 11.4. The first kappa shape index (κ1) is 16.3. The standard InChI is InChI=1S/C13H13NO6S2/c1-10-6-8-11(9-7-10)21(15,16)14-12-4-2-3-5-13(12)20-22(17,18)19/h2-9,14H,1H3,(H,17,18,19). The molecule has 0 radical (unpaired) electrons. The monoisotopic (exact) mass is 343 g/mol. The quantitative estimate of drug-likeness (QED) is 0.803. The largest absolute Gasteiger partial charge is 0.446 e. The van der Waals surface area contributed by atoms with Crippen LogP contribution in [0.4, 0.5) is 5.69 Å². The Balaban J connectivity index is 2.36. The average Bonchev–Trinajstić information content (AvgIpc) is 2.39. The molecule has 0 spiro atoms. The van der Waals surface area contributed by atoms with Crippen LogP contribution in [-0.4, -0.2) is 21.4 Å². The summed E-state index contributed by atoms with van der Waals surface area (Å²) in [6, 6.07) is 11.6. The smallest absolute Gasteiger partial charge is 0.360 e. The van der Waals surface area contributed by atoms with Crippen molar-refractivity contribution in [3.63, 3.8) is 0 Å². The van der Waals surface area contributed by atoms with Crippen molar-refractivity contribution < 1.29 is 25.6 Å². The van der Waals surface area contributed by atoms with E-state index in [9.17, 15) is 16.8 Å². The molecule has 22 heavy (non-hydrogen) atoms. The number of para-hydroxylation sites is 2. The minimum absolute atomic E-state index is 0.0137. The van der Waals surface area contributed by atoms with Gasteiger partial charge in [0.15, 0.2) is 5.75 Å². The minimum atomic E-state index is -4.76. The van der Waals surface area contributed by atoms with Crippen molar-refractivity contribution in [2.75, 3.05) is 4.72 Å². The molecule has 0 bridgehead atoms. The molecule has 0 aliphatic heterocycles. The number of benzene rings is 2. The maximum atomic E-state index is 12.3. The van der Waals surface area contributed by atoms with Crippen LogP contribution in [0.2, 0.25) is 0 Å². The third kappa shape index (κ3) is 4.20. The number of anilines is 1. The summed E-state index contributed by atoms with van der Waals surface area (Å²) >= 11 is 0. The molecule has 0 unspecified atom stereocenters. The molecule has 2 N–H and O–H groups in total. The molecule has 0 aromatic heterocycles. The van der Waals surface area contributed by atoms with E-state index in [1.165, 1.54) is 36.4 Å². The molecule has 0 saturated carbocycles. The summed E-state index contributed by atoms with van der Waals surface area (Å²) in [5.41, 5.74) is 0.787. The summed E-state index contributed by atoms with van der Waals surface area (Å²) in [6.07, 6.45) is 0. The molecule has 0 heterocycles. The molecule has 7 nitrogen and oxygen atoms in total. The van der Waals surface area contributed by atoms with Gasteiger partial charge < -0.3 is 4.18 Å². The van der Waals surface area contributed by atoms with E-state index >= 15 is 0 Å². The van der Waals surface area contributed by atoms with Crippen molar-refractivity contribution in [3.05, 3.63) is 54.1 Å². The number of aryl methyl sites for hydroxylation is 1. The van der Waals surface area contributed by atoms with Gasteiger partial charge in [-0.25, -0.2) is 8.42 Å². The average molecular weight is 343 g/mol. The second kappa shape index (κ2) is 5.95. The van der Waals surface area contributed by atoms with Crippen molar-refractivity contribution in [3.8, 4) is 5.75 Å². The molecule has 0 amide bonds. The molecule has 0 fully saturated rings. The van der Waals surface area contributed by atoms with Crippen LogP contribution in [0.5, 0.6) is 5.75 Å². The number of sulfonamides is 1. The van der Waals surface area contributed by atoms with E-state index in [0.29, 0.717) is 0 Å². The summed E-state index contributed by atoms with van der Waals surface area (Å²) < 4.78 is 61.3. The highest BCUT2D eigenvalue weighted by molar-refractivity contribution is 7.92. The van der Waals surface area contributed by atoms with Crippen molar-refractivity contribution in [2.24, 2.45) is 0 Å². The van der Waals surface area contributed by atoms with Gasteiger partial charge in [-0.1, -0.05) is 29.8 Å². The van der Waals surface area contributed by atoms with Gasteiger partial charge in [-0.2, -0.15) is 8.42 Å². The van der Waals surface area contributed by atoms with E-state index < -0.39 is 20.4 Å². The fourth-order valence-corrected chi connectivity index (χ4v) is 3.10. The molecule has 2 rings (SSSR count). The van der Waals surface area contributed by atoms with Crippen LogP contribution >= 0.6 is 0 Å². The molecule has 9 heteroatoms. The normalized spacial score (nSPS) is 11.9. The molecular formula is C13H13NO6S2. The Morgan fingerprint density at radius 3 is 2.14 bits per heavy atom. The third-order valence-electron chi connectivity index (χ3n) is 2.66. The topological polar surface area (TPSA) is 110 Å². The van der Waals surface area contributed by atoms with E-state index in [4.69, 9.17) is 4.55 Å². The number of hydrogen-bond donors (Lipinski definition) is 2. The summed E-state index contributed by atoms with van der Waals surface area (Å²) in [7, 11) is -8.67. The van der Waals surface area contributed by atoms with Gasteiger partial charge in [-0.15, -0.1) is 0 Å². The van der Waals surface area contributed by atoms with Crippen molar-refractivity contribution in [1.29, 1.82) is 0 Å². The Hall–Kier alpha value is -2.10. The minimum Gasteiger partial charge on any atom is -0.360 e. The molecule has 0 aliphatic rings. The first-order valence-corrected chi connectivity index (χ1v) is 8.88. The van der Waals surface area contributed by atoms with Gasteiger partial charge in [0.2, 0.25) is 0 Å². The summed E-state index contributed by atoms with van der Waals surface area (Å²) in [5, 5.41) is 0. The number of rotatable bonds is 5. The SMILES string of the molecule is Cc1ccc(S(=O)(=O)Nc2ccccc2OS(=O)(=O)O)cc1. The third-order valence-corrected chi connectivity index (χ3v) is 4.43. The lowest BCUT2D eigenvalue weighted by Crippen LogP contribution is -2.15. The Bertz CT molecular complexity index is 873. The molecule has 0 atom stereocenters. The maximum Gasteiger partial charge on any atom is 0.446 e. The number of hydrogen-bond acceptors (Lipinski definition) is 5. The van der Waals surface area contributed by atoms with E-state index in [2.05, 4.69) is 8.91 Å². The first-order chi connectivity index (χ1) is 10.2. The van der Waals surface area contributed by atoms with Crippen LogP contribution in [0.3, 0.4) is 0 Å². The lowest BCUT2D eigenvalue weighted by atomic mass is 10.2. The van der Waals surface area contributed by atoms with Gasteiger partial charge in [-0.05, 0) is 31.2 Å². The fraction of sp³-hybridized carbons (Fsp3) is 0.0769. The van der Waals surface area contributed by atoms with Crippen LogP contribution in [-0.2, 0) is 20.4 Å². The Morgan fingerprint density at radius 2 is 1.55 bits per heavy atom. The lowest BCUT2D eigenvalue weighted by molar-refractivity contribution is 0.387. The maximum absolute atomic E-state index is 12.3. The second-order valence-electron chi connectivity index (χ2n) is 4.43. The first-order valence-electron chi connectivity index (χ1n) is 6.03. The zero-order chi connectivity index (χ0) is 16.4. The van der Waals surface area contributed by atoms with Gasteiger partial charge >= 0.3 is 10.4 Å². The van der Waals surface area contributed by atoms with Crippen LogP contribution in [0.25, 0.3) is 0 Å². The molecule has 118 valence electrons. The van der Waals surface area contributed by atoms with Crippen molar-refractivity contribution >= 4 is 26.1 Å². The summed E-state index contributed by atoms with van der Waals surface area (Å²) in [6.45, 7) is 1.82. The van der Waals surface area contributed by atoms with Gasteiger partial charge in [0.1, 0.15) is 0 Å². The van der Waals surface area contributed by atoms with E-state index in [-0.39, 0.29) is 16.3 Å². The Kier molecular flexibility index (Phi) is 4.40. The van der Waals surface area contributed by atoms with Crippen LogP contribution in [0.15, 0.2) is 53.4 Å². The Labute approximate surface area is 128 Å². The molecule has 0 aliphatic carbocycles. The van der Waals surface area contributed by atoms with Gasteiger partial charge in [0.25, 0.3) is 10.0 Å². The van der Waals surface area contributed by atoms with Crippen molar-refractivity contribution in [1.82, 2.24) is 0 Å². The van der Waals surface area contributed by atoms with E-state index in [1.807, 2.05) is 6.92 Å². The fourth-order valence-electron chi connectivity index (χ4n) is 1.66. The summed E-state index contributed by atoms with van der Waals surface area (Å²) in [4.78, 5) is 0.0137. The lowest BCUT2D eigenvalue weighted by Gasteiger charge is -2.11. The van der Waals surface area contributed by atoms with Gasteiger partial charge in [0, 0.05) is 0 Å². The molecular weight excluding hydrogens is 330 g/mol. The van der Waals surface area contributed by atoms with Gasteiger partial charge in [0.05, 0.1) is 10.6 Å². The predicted molar refractivity (Wildman–Crippen MR) is 80.6 cm³/mol. The number of nitrogens with one attached hydrogen (secondary N) is 1. The summed E-state index contributed by atoms with van der Waals surface area (Å²) in [5.74, 6) is -0.333. The molecule has 2 aromatic rings. The van der Waals surface area contributed by atoms with Crippen LogP contribution in [0.1, 0.15) is 5.56 Å². The predicted octanol–water partition coefficient (Wildman–Crippen LogP) is 1.98. The van der Waals surface area contributed by atoms with Gasteiger partial charge in [-0.3, -0.25) is 9.27 Å².